The number of hydrogen-bond donors (Lipinski definition) is 0. The highest BCUT2D eigenvalue weighted by Crippen LogP contribution is 2.17. The lowest BCUT2D eigenvalue weighted by Crippen LogP contribution is -2.11. The van der Waals surface area contributed by atoms with Gasteiger partial charge in [0.25, 0.3) is 0 Å². The van der Waals surface area contributed by atoms with E-state index in [0.29, 0.717) is 0 Å². The maximum absolute atomic E-state index is 11.3. The van der Waals surface area contributed by atoms with Crippen LogP contribution in [0.5, 0.6) is 0 Å². The van der Waals surface area contributed by atoms with Crippen molar-refractivity contribution in [3.05, 3.63) is 35.4 Å². The van der Waals surface area contributed by atoms with Gasteiger partial charge in [-0.2, -0.15) is 0 Å². The van der Waals surface area contributed by atoms with E-state index in [4.69, 9.17) is 4.74 Å². The van der Waals surface area contributed by atoms with Crippen LogP contribution in [0.1, 0.15) is 37.5 Å². The molecule has 16 heavy (non-hydrogen) atoms. The Bertz CT molecular complexity index is 379. The summed E-state index contributed by atoms with van der Waals surface area (Å²) in [5, 5.41) is 0. The zero-order valence-corrected chi connectivity index (χ0v) is 9.82. The van der Waals surface area contributed by atoms with E-state index in [0.717, 1.165) is 11.1 Å². The molecule has 0 N–H and O–H groups in total. The summed E-state index contributed by atoms with van der Waals surface area (Å²) in [6.45, 7) is 5.16. The average molecular weight is 220 g/mol. The Morgan fingerprint density at radius 2 is 1.81 bits per heavy atom. The van der Waals surface area contributed by atoms with Crippen LogP contribution < -0.4 is 0 Å². The van der Waals surface area contributed by atoms with Crippen molar-refractivity contribution in [2.75, 3.05) is 0 Å². The first-order chi connectivity index (χ1) is 7.49. The van der Waals surface area contributed by atoms with Gasteiger partial charge < -0.3 is 4.74 Å². The lowest BCUT2D eigenvalue weighted by atomic mass is 10.1. The first kappa shape index (κ1) is 12.4. The molecule has 86 valence electrons. The van der Waals surface area contributed by atoms with Crippen molar-refractivity contribution >= 4 is 11.8 Å². The molecule has 1 aromatic rings. The van der Waals surface area contributed by atoms with Gasteiger partial charge in [-0.25, -0.2) is 0 Å². The second-order valence-corrected chi connectivity index (χ2v) is 3.92. The number of esters is 1. The molecule has 0 heterocycles. The van der Waals surface area contributed by atoms with Crippen LogP contribution in [0.15, 0.2) is 24.3 Å². The number of benzene rings is 1. The Morgan fingerprint density at radius 1 is 1.25 bits per heavy atom. The van der Waals surface area contributed by atoms with Gasteiger partial charge >= 0.3 is 5.97 Å². The maximum Gasteiger partial charge on any atom is 0.313 e. The van der Waals surface area contributed by atoms with Crippen molar-refractivity contribution in [1.29, 1.82) is 0 Å². The summed E-state index contributed by atoms with van der Waals surface area (Å²) in [5.74, 6) is -0.651. The van der Waals surface area contributed by atoms with Crippen LogP contribution in [0.3, 0.4) is 0 Å². The number of aryl methyl sites for hydroxylation is 1. The maximum atomic E-state index is 11.3. The predicted octanol–water partition coefficient (Wildman–Crippen LogP) is 2.58. The molecule has 1 aromatic carbocycles. The lowest BCUT2D eigenvalue weighted by molar-refractivity contribution is -0.150. The van der Waals surface area contributed by atoms with Gasteiger partial charge in [0.2, 0.25) is 0 Å². The number of carbonyl (C=O) groups is 2. The minimum atomic E-state index is -0.472. The summed E-state index contributed by atoms with van der Waals surface area (Å²) in [6.07, 6.45) is -0.469. The van der Waals surface area contributed by atoms with Crippen molar-refractivity contribution in [3.8, 4) is 0 Å². The van der Waals surface area contributed by atoms with Crippen LogP contribution in [-0.4, -0.2) is 11.8 Å². The zero-order valence-electron chi connectivity index (χ0n) is 9.82. The van der Waals surface area contributed by atoms with Crippen LogP contribution in [0.25, 0.3) is 0 Å². The van der Waals surface area contributed by atoms with Crippen LogP contribution in [0.2, 0.25) is 0 Å². The van der Waals surface area contributed by atoms with Gasteiger partial charge in [-0.3, -0.25) is 9.59 Å². The highest BCUT2D eigenvalue weighted by Gasteiger charge is 2.12. The summed E-state index contributed by atoms with van der Waals surface area (Å²) in [6, 6.07) is 7.76. The molecule has 0 spiro atoms. The van der Waals surface area contributed by atoms with Gasteiger partial charge in [-0.1, -0.05) is 29.8 Å². The summed E-state index contributed by atoms with van der Waals surface area (Å²) in [7, 11) is 0. The van der Waals surface area contributed by atoms with Gasteiger partial charge in [0.05, 0.1) is 0 Å². The van der Waals surface area contributed by atoms with E-state index >= 15 is 0 Å². The van der Waals surface area contributed by atoms with E-state index in [9.17, 15) is 9.59 Å². The molecule has 1 rings (SSSR count). The van der Waals surface area contributed by atoms with E-state index in [1.54, 1.807) is 6.92 Å². The minimum absolute atomic E-state index is 0.157. The molecular weight excluding hydrogens is 204 g/mol. The van der Waals surface area contributed by atoms with Crippen molar-refractivity contribution in [1.82, 2.24) is 0 Å². The molecule has 0 saturated carbocycles. The number of hydrogen-bond acceptors (Lipinski definition) is 3. The van der Waals surface area contributed by atoms with Crippen LogP contribution in [0, 0.1) is 6.92 Å². The Labute approximate surface area is 95.4 Å². The molecule has 0 aliphatic carbocycles. The topological polar surface area (TPSA) is 43.4 Å². The van der Waals surface area contributed by atoms with Crippen LogP contribution in [-0.2, 0) is 14.3 Å². The number of rotatable bonds is 4. The summed E-state index contributed by atoms with van der Waals surface area (Å²) in [5.41, 5.74) is 2.09. The van der Waals surface area contributed by atoms with Crippen LogP contribution >= 0.6 is 0 Å². The van der Waals surface area contributed by atoms with E-state index in [1.165, 1.54) is 6.92 Å². The highest BCUT2D eigenvalue weighted by molar-refractivity contribution is 5.94. The van der Waals surface area contributed by atoms with Crippen molar-refractivity contribution in [2.45, 2.75) is 33.3 Å². The number of Topliss-reactive ketones (excluding diaryl/α,β-unsaturated/α-hetero) is 1. The SMILES string of the molecule is CC(=O)CC(=O)OC(C)c1ccc(C)cc1. The third kappa shape index (κ3) is 3.85. The smallest absolute Gasteiger partial charge is 0.313 e. The molecule has 0 fully saturated rings. The molecule has 0 aromatic heterocycles. The Balaban J connectivity index is 2.58. The normalized spacial score (nSPS) is 11.9. The molecule has 0 aliphatic rings. The van der Waals surface area contributed by atoms with Crippen LogP contribution in [0.4, 0.5) is 0 Å². The third-order valence-electron chi connectivity index (χ3n) is 2.25. The van der Waals surface area contributed by atoms with Crippen molar-refractivity contribution in [3.63, 3.8) is 0 Å². The van der Waals surface area contributed by atoms with Gasteiger partial charge in [-0.15, -0.1) is 0 Å². The molecule has 0 aliphatic heterocycles. The third-order valence-corrected chi connectivity index (χ3v) is 2.25. The van der Waals surface area contributed by atoms with Gasteiger partial charge in [0.15, 0.2) is 0 Å². The molecule has 0 radical (unpaired) electrons. The Kier molecular flexibility index (Phi) is 4.23. The van der Waals surface area contributed by atoms with Crippen molar-refractivity contribution < 1.29 is 14.3 Å². The second kappa shape index (κ2) is 5.45. The summed E-state index contributed by atoms with van der Waals surface area (Å²) >= 11 is 0. The van der Waals surface area contributed by atoms with Gasteiger partial charge in [-0.05, 0) is 26.3 Å². The largest absolute Gasteiger partial charge is 0.457 e. The first-order valence-electron chi connectivity index (χ1n) is 5.24. The molecule has 1 atom stereocenters. The van der Waals surface area contributed by atoms with Gasteiger partial charge in [0.1, 0.15) is 18.3 Å². The number of ketones is 1. The summed E-state index contributed by atoms with van der Waals surface area (Å²) < 4.78 is 5.13. The molecule has 0 bridgehead atoms. The highest BCUT2D eigenvalue weighted by atomic mass is 16.5. The fraction of sp³-hybridized carbons (Fsp3) is 0.385. The fourth-order valence-corrected chi connectivity index (χ4v) is 1.35. The molecular formula is C13H16O3. The standard InChI is InChI=1S/C13H16O3/c1-9-4-6-12(7-5-9)11(3)16-13(15)8-10(2)14/h4-7,11H,8H2,1-3H3. The van der Waals surface area contributed by atoms with E-state index in [-0.39, 0.29) is 18.3 Å². The Hall–Kier alpha value is -1.64. The molecule has 0 amide bonds. The van der Waals surface area contributed by atoms with Gasteiger partial charge in [0, 0.05) is 0 Å². The molecule has 1 unspecified atom stereocenters. The molecule has 3 nitrogen and oxygen atoms in total. The van der Waals surface area contributed by atoms with E-state index in [2.05, 4.69) is 0 Å². The Morgan fingerprint density at radius 3 is 2.31 bits per heavy atom. The van der Waals surface area contributed by atoms with E-state index < -0.39 is 5.97 Å². The molecule has 0 saturated heterocycles. The monoisotopic (exact) mass is 220 g/mol. The second-order valence-electron chi connectivity index (χ2n) is 3.92. The first-order valence-corrected chi connectivity index (χ1v) is 5.24. The molecule has 3 heteroatoms. The quantitative estimate of drug-likeness (QED) is 0.578. The summed E-state index contributed by atoms with van der Waals surface area (Å²) in [4.78, 5) is 22.0. The number of carbonyl (C=O) groups excluding carboxylic acids is 2. The fourth-order valence-electron chi connectivity index (χ4n) is 1.35. The minimum Gasteiger partial charge on any atom is -0.457 e. The van der Waals surface area contributed by atoms with Crippen molar-refractivity contribution in [2.24, 2.45) is 0 Å². The van der Waals surface area contributed by atoms with E-state index in [1.807, 2.05) is 31.2 Å². The average Bonchev–Trinajstić information content (AvgIpc) is 2.16. The lowest BCUT2D eigenvalue weighted by Gasteiger charge is -2.13. The predicted molar refractivity (Wildman–Crippen MR) is 61.0 cm³/mol. The number of ether oxygens (including phenoxy) is 1. The zero-order chi connectivity index (χ0) is 12.1.